The maximum Gasteiger partial charge on any atom is 0.338 e. The average Bonchev–Trinajstić information content (AvgIpc) is 2.53. The van der Waals surface area contributed by atoms with E-state index >= 15 is 0 Å². The summed E-state index contributed by atoms with van der Waals surface area (Å²) in [4.78, 5) is 28.2. The number of rotatable bonds is 2. The lowest BCUT2D eigenvalue weighted by atomic mass is 10.2. The summed E-state index contributed by atoms with van der Waals surface area (Å²) in [7, 11) is 0. The molecule has 2 aromatic carbocycles. The fourth-order valence-corrected chi connectivity index (χ4v) is 2.28. The Morgan fingerprint density at radius 1 is 1.17 bits per heavy atom. The number of fused-ring (bicyclic) bond motifs is 1. The minimum Gasteiger partial charge on any atom is -0.506 e. The van der Waals surface area contributed by atoms with E-state index in [0.717, 1.165) is 15.5 Å². The van der Waals surface area contributed by atoms with Crippen molar-refractivity contribution in [2.45, 2.75) is 0 Å². The van der Waals surface area contributed by atoms with Gasteiger partial charge in [0.25, 0.3) is 5.56 Å². The number of carbonyl (C=O) groups is 1. The second-order valence-corrected chi connectivity index (χ2v) is 5.58. The Labute approximate surface area is 138 Å². The smallest absolute Gasteiger partial charge is 0.338 e. The Morgan fingerprint density at radius 2 is 1.91 bits per heavy atom. The van der Waals surface area contributed by atoms with Crippen molar-refractivity contribution in [2.24, 2.45) is 0 Å². The van der Waals surface area contributed by atoms with Crippen molar-refractivity contribution in [1.82, 2.24) is 9.66 Å². The number of para-hydroxylation sites is 1. The molecule has 116 valence electrons. The van der Waals surface area contributed by atoms with Gasteiger partial charge in [-0.3, -0.25) is 4.79 Å². The molecule has 0 aliphatic rings. The molecule has 7 nitrogen and oxygen atoms in total. The number of aromatic hydroxyl groups is 1. The Hall–Kier alpha value is -2.87. The second kappa shape index (κ2) is 6.09. The molecule has 0 aliphatic carbocycles. The van der Waals surface area contributed by atoms with Crippen molar-refractivity contribution in [3.05, 3.63) is 63.6 Å². The Balaban J connectivity index is 1.84. The molecule has 8 heteroatoms. The summed E-state index contributed by atoms with van der Waals surface area (Å²) < 4.78 is 1.84. The van der Waals surface area contributed by atoms with Gasteiger partial charge in [-0.1, -0.05) is 22.0 Å². The molecule has 0 saturated carbocycles. The van der Waals surface area contributed by atoms with Crippen molar-refractivity contribution in [2.75, 3.05) is 10.7 Å². The molecule has 1 aromatic heterocycles. The SMILES string of the molecule is O=C(Nc1ccc(Br)cc1)Nn1cnc2c(O)cccc2c1=O. The molecular weight excluding hydrogens is 364 g/mol. The van der Waals surface area contributed by atoms with Gasteiger partial charge in [-0.2, -0.15) is 0 Å². The van der Waals surface area contributed by atoms with Gasteiger partial charge in [-0.05, 0) is 36.4 Å². The summed E-state index contributed by atoms with van der Waals surface area (Å²) in [5.41, 5.74) is 2.65. The summed E-state index contributed by atoms with van der Waals surface area (Å²) in [6.07, 6.45) is 1.14. The highest BCUT2D eigenvalue weighted by Crippen LogP contribution is 2.18. The topological polar surface area (TPSA) is 96.2 Å². The van der Waals surface area contributed by atoms with Gasteiger partial charge in [0.2, 0.25) is 0 Å². The molecule has 0 bridgehead atoms. The molecule has 3 aromatic rings. The van der Waals surface area contributed by atoms with Crippen LogP contribution in [0.5, 0.6) is 5.75 Å². The van der Waals surface area contributed by atoms with Gasteiger partial charge >= 0.3 is 6.03 Å². The Bertz CT molecular complexity index is 938. The first-order chi connectivity index (χ1) is 11.0. The minimum atomic E-state index is -0.587. The lowest BCUT2D eigenvalue weighted by molar-refractivity contribution is 0.259. The van der Waals surface area contributed by atoms with Gasteiger partial charge in [0.15, 0.2) is 0 Å². The van der Waals surface area contributed by atoms with Crippen LogP contribution < -0.4 is 16.3 Å². The van der Waals surface area contributed by atoms with E-state index in [0.29, 0.717) is 5.69 Å². The number of benzene rings is 2. The van der Waals surface area contributed by atoms with Gasteiger partial charge in [0.1, 0.15) is 17.6 Å². The maximum atomic E-state index is 12.3. The molecule has 0 aliphatic heterocycles. The number of anilines is 1. The van der Waals surface area contributed by atoms with Gasteiger partial charge in [-0.25, -0.2) is 19.9 Å². The number of phenolic OH excluding ortho intramolecular Hbond substituents is 1. The summed E-state index contributed by atoms with van der Waals surface area (Å²) in [6.45, 7) is 0. The quantitative estimate of drug-likeness (QED) is 0.642. The summed E-state index contributed by atoms with van der Waals surface area (Å²) in [5.74, 6) is -0.0916. The predicted molar refractivity (Wildman–Crippen MR) is 90.2 cm³/mol. The summed E-state index contributed by atoms with van der Waals surface area (Å²) in [5, 5.41) is 12.5. The van der Waals surface area contributed by atoms with Crippen LogP contribution in [-0.4, -0.2) is 20.8 Å². The van der Waals surface area contributed by atoms with Crippen LogP contribution in [-0.2, 0) is 0 Å². The maximum absolute atomic E-state index is 12.3. The minimum absolute atomic E-state index is 0.0916. The molecule has 1 heterocycles. The number of aromatic nitrogens is 2. The third-order valence-corrected chi connectivity index (χ3v) is 3.62. The molecule has 0 saturated heterocycles. The summed E-state index contributed by atoms with van der Waals surface area (Å²) in [6, 6.07) is 10.9. The first-order valence-corrected chi connectivity index (χ1v) is 7.37. The molecule has 0 unspecified atom stereocenters. The van der Waals surface area contributed by atoms with Crippen LogP contribution in [0.3, 0.4) is 0 Å². The molecule has 2 amide bonds. The third-order valence-electron chi connectivity index (χ3n) is 3.09. The van der Waals surface area contributed by atoms with E-state index < -0.39 is 11.6 Å². The number of amides is 2. The zero-order valence-corrected chi connectivity index (χ0v) is 13.2. The van der Waals surface area contributed by atoms with Crippen LogP contribution in [0.1, 0.15) is 0 Å². The largest absolute Gasteiger partial charge is 0.506 e. The Kier molecular flexibility index (Phi) is 3.98. The van der Waals surface area contributed by atoms with E-state index in [1.165, 1.54) is 18.2 Å². The second-order valence-electron chi connectivity index (χ2n) is 4.67. The molecular formula is C15H11BrN4O3. The fraction of sp³-hybridized carbons (Fsp3) is 0. The first-order valence-electron chi connectivity index (χ1n) is 6.57. The first kappa shape index (κ1) is 15.0. The monoisotopic (exact) mass is 374 g/mol. The van der Waals surface area contributed by atoms with E-state index in [9.17, 15) is 14.7 Å². The van der Waals surface area contributed by atoms with E-state index in [2.05, 4.69) is 31.7 Å². The number of urea groups is 1. The highest BCUT2D eigenvalue weighted by atomic mass is 79.9. The van der Waals surface area contributed by atoms with Crippen molar-refractivity contribution < 1.29 is 9.90 Å². The lowest BCUT2D eigenvalue weighted by Crippen LogP contribution is -2.35. The number of hydrogen-bond donors (Lipinski definition) is 3. The number of nitrogens with zero attached hydrogens (tertiary/aromatic N) is 2. The normalized spacial score (nSPS) is 10.5. The fourth-order valence-electron chi connectivity index (χ4n) is 2.02. The molecule has 3 rings (SSSR count). The van der Waals surface area contributed by atoms with Crippen LogP contribution >= 0.6 is 15.9 Å². The zero-order chi connectivity index (χ0) is 16.4. The standard InChI is InChI=1S/C15H11BrN4O3/c16-9-4-6-10(7-5-9)18-15(23)19-20-8-17-13-11(14(20)22)2-1-3-12(13)21/h1-8,21H,(H2,18,19,23). The number of phenols is 1. The molecule has 0 atom stereocenters. The van der Waals surface area contributed by atoms with Crippen molar-refractivity contribution in [3.8, 4) is 5.75 Å². The van der Waals surface area contributed by atoms with Crippen LogP contribution in [0.2, 0.25) is 0 Å². The van der Waals surface area contributed by atoms with E-state index in [4.69, 9.17) is 0 Å². The number of halogens is 1. The lowest BCUT2D eigenvalue weighted by Gasteiger charge is -2.10. The molecule has 0 spiro atoms. The summed E-state index contributed by atoms with van der Waals surface area (Å²) >= 11 is 3.30. The number of carbonyl (C=O) groups excluding carboxylic acids is 1. The highest BCUT2D eigenvalue weighted by Gasteiger charge is 2.09. The van der Waals surface area contributed by atoms with Gasteiger partial charge in [-0.15, -0.1) is 0 Å². The highest BCUT2D eigenvalue weighted by molar-refractivity contribution is 9.10. The molecule has 3 N–H and O–H groups in total. The van der Waals surface area contributed by atoms with Gasteiger partial charge < -0.3 is 10.4 Å². The third kappa shape index (κ3) is 3.16. The van der Waals surface area contributed by atoms with Crippen LogP contribution in [0.15, 0.2) is 58.1 Å². The molecule has 0 radical (unpaired) electrons. The van der Waals surface area contributed by atoms with Crippen molar-refractivity contribution in [1.29, 1.82) is 0 Å². The number of hydrogen-bond acceptors (Lipinski definition) is 4. The van der Waals surface area contributed by atoms with Crippen LogP contribution in [0, 0.1) is 0 Å². The Morgan fingerprint density at radius 3 is 2.65 bits per heavy atom. The molecule has 23 heavy (non-hydrogen) atoms. The zero-order valence-electron chi connectivity index (χ0n) is 11.7. The van der Waals surface area contributed by atoms with Crippen molar-refractivity contribution >= 4 is 38.6 Å². The van der Waals surface area contributed by atoms with E-state index in [-0.39, 0.29) is 16.7 Å². The predicted octanol–water partition coefficient (Wildman–Crippen LogP) is 2.64. The van der Waals surface area contributed by atoms with Crippen LogP contribution in [0.25, 0.3) is 10.9 Å². The van der Waals surface area contributed by atoms with E-state index in [1.807, 2.05) is 0 Å². The van der Waals surface area contributed by atoms with Gasteiger partial charge in [0.05, 0.1) is 5.39 Å². The van der Waals surface area contributed by atoms with E-state index in [1.54, 1.807) is 24.3 Å². The van der Waals surface area contributed by atoms with Crippen molar-refractivity contribution in [3.63, 3.8) is 0 Å². The average molecular weight is 375 g/mol. The molecule has 0 fully saturated rings. The number of nitrogens with one attached hydrogen (secondary N) is 2. The van der Waals surface area contributed by atoms with Crippen LogP contribution in [0.4, 0.5) is 10.5 Å². The van der Waals surface area contributed by atoms with Gasteiger partial charge in [0, 0.05) is 10.2 Å².